The van der Waals surface area contributed by atoms with Crippen LogP contribution in [0.1, 0.15) is 18.4 Å². The molecule has 0 aromatic heterocycles. The molecule has 1 saturated carbocycles. The van der Waals surface area contributed by atoms with Gasteiger partial charge in [0.05, 0.1) is 5.60 Å². The van der Waals surface area contributed by atoms with Crippen molar-refractivity contribution in [2.75, 3.05) is 7.11 Å². The Morgan fingerprint density at radius 3 is 2.83 bits per heavy atom. The van der Waals surface area contributed by atoms with E-state index in [0.717, 1.165) is 23.4 Å². The molecule has 0 amide bonds. The number of rotatable bonds is 2. The molecule has 0 N–H and O–H groups in total. The first-order valence-corrected chi connectivity index (χ1v) is 4.37. The summed E-state index contributed by atoms with van der Waals surface area (Å²) in [6, 6.07) is 8.59. The van der Waals surface area contributed by atoms with Crippen molar-refractivity contribution in [2.45, 2.75) is 18.4 Å². The summed E-state index contributed by atoms with van der Waals surface area (Å²) in [6.45, 7) is 0. The summed E-state index contributed by atoms with van der Waals surface area (Å²) in [5.74, 6) is 0. The Hall–Kier alpha value is -0.530. The minimum absolute atomic E-state index is 0.0772. The summed E-state index contributed by atoms with van der Waals surface area (Å²) < 4.78 is 5.42. The van der Waals surface area contributed by atoms with E-state index in [1.165, 1.54) is 0 Å². The minimum atomic E-state index is -0.0772. The first-order valence-electron chi connectivity index (χ1n) is 4.00. The second-order valence-electron chi connectivity index (χ2n) is 3.10. The topological polar surface area (TPSA) is 9.23 Å². The van der Waals surface area contributed by atoms with Crippen molar-refractivity contribution in [2.24, 2.45) is 0 Å². The van der Waals surface area contributed by atoms with E-state index in [9.17, 15) is 0 Å². The molecular formula is C10H10ClO. The van der Waals surface area contributed by atoms with Crippen LogP contribution in [0.25, 0.3) is 0 Å². The molecule has 2 heteroatoms. The highest BCUT2D eigenvalue weighted by molar-refractivity contribution is 6.31. The fraction of sp³-hybridized carbons (Fsp3) is 0.400. The second kappa shape index (κ2) is 2.75. The highest BCUT2D eigenvalue weighted by atomic mass is 35.5. The average molecular weight is 182 g/mol. The van der Waals surface area contributed by atoms with E-state index in [-0.39, 0.29) is 5.60 Å². The summed E-state index contributed by atoms with van der Waals surface area (Å²) in [5, 5.41) is 0.761. The molecule has 0 atom stereocenters. The summed E-state index contributed by atoms with van der Waals surface area (Å²) in [7, 11) is 1.74. The Bertz CT molecular complexity index is 292. The van der Waals surface area contributed by atoms with E-state index in [4.69, 9.17) is 16.3 Å². The molecular weight excluding hydrogens is 172 g/mol. The number of ether oxygens (including phenoxy) is 1. The highest BCUT2D eigenvalue weighted by Gasteiger charge is 2.45. The van der Waals surface area contributed by atoms with Crippen LogP contribution in [0.4, 0.5) is 0 Å². The van der Waals surface area contributed by atoms with Crippen molar-refractivity contribution in [3.63, 3.8) is 0 Å². The number of halogens is 1. The largest absolute Gasteiger partial charge is 0.373 e. The molecule has 1 aromatic carbocycles. The molecule has 0 saturated heterocycles. The Labute approximate surface area is 77.3 Å². The molecule has 0 spiro atoms. The lowest BCUT2D eigenvalue weighted by molar-refractivity contribution is 0.0790. The third-order valence-corrected chi connectivity index (χ3v) is 2.71. The Morgan fingerprint density at radius 1 is 1.58 bits per heavy atom. The van der Waals surface area contributed by atoms with Crippen LogP contribution in [0.5, 0.6) is 0 Å². The maximum atomic E-state index is 6.02. The standard InChI is InChI=1S/C10H10ClO/c1-12-10(6-7-10)8-4-2-3-5-9(8)11/h2,4-5H,6-7H2,1H3. The molecule has 0 heterocycles. The molecule has 1 aliphatic carbocycles. The maximum absolute atomic E-state index is 6.02. The quantitative estimate of drug-likeness (QED) is 0.682. The van der Waals surface area contributed by atoms with Crippen molar-refractivity contribution < 1.29 is 4.74 Å². The molecule has 1 aliphatic rings. The maximum Gasteiger partial charge on any atom is 0.0944 e. The van der Waals surface area contributed by atoms with E-state index in [2.05, 4.69) is 6.07 Å². The lowest BCUT2D eigenvalue weighted by Crippen LogP contribution is -2.09. The van der Waals surface area contributed by atoms with Gasteiger partial charge in [-0.15, -0.1) is 0 Å². The summed E-state index contributed by atoms with van der Waals surface area (Å²) in [4.78, 5) is 0. The van der Waals surface area contributed by atoms with Gasteiger partial charge in [-0.3, -0.25) is 0 Å². The first-order chi connectivity index (χ1) is 5.78. The van der Waals surface area contributed by atoms with Crippen LogP contribution in [-0.2, 0) is 10.3 Å². The molecule has 1 fully saturated rings. The van der Waals surface area contributed by atoms with Gasteiger partial charge >= 0.3 is 0 Å². The van der Waals surface area contributed by atoms with E-state index in [0.29, 0.717) is 0 Å². The van der Waals surface area contributed by atoms with Crippen molar-refractivity contribution in [1.82, 2.24) is 0 Å². The fourth-order valence-electron chi connectivity index (χ4n) is 1.48. The van der Waals surface area contributed by atoms with Gasteiger partial charge in [0.15, 0.2) is 0 Å². The molecule has 0 aliphatic heterocycles. The van der Waals surface area contributed by atoms with Crippen LogP contribution in [0.2, 0.25) is 5.02 Å². The third-order valence-electron chi connectivity index (χ3n) is 2.40. The Kier molecular flexibility index (Phi) is 1.85. The molecule has 1 radical (unpaired) electrons. The van der Waals surface area contributed by atoms with Crippen molar-refractivity contribution in [1.29, 1.82) is 0 Å². The van der Waals surface area contributed by atoms with Crippen LogP contribution in [0.15, 0.2) is 18.2 Å². The van der Waals surface area contributed by atoms with E-state index in [1.54, 1.807) is 13.2 Å². The van der Waals surface area contributed by atoms with Crippen LogP contribution in [-0.4, -0.2) is 7.11 Å². The van der Waals surface area contributed by atoms with Gasteiger partial charge in [0, 0.05) is 17.7 Å². The number of hydrogen-bond acceptors (Lipinski definition) is 1. The van der Waals surface area contributed by atoms with E-state index >= 15 is 0 Å². The monoisotopic (exact) mass is 181 g/mol. The average Bonchev–Trinajstić information content (AvgIpc) is 2.86. The van der Waals surface area contributed by atoms with Gasteiger partial charge in [0.25, 0.3) is 0 Å². The molecule has 1 nitrogen and oxygen atoms in total. The lowest BCUT2D eigenvalue weighted by Gasteiger charge is -2.14. The third kappa shape index (κ3) is 1.13. The van der Waals surface area contributed by atoms with Crippen LogP contribution >= 0.6 is 11.6 Å². The predicted molar refractivity (Wildman–Crippen MR) is 48.2 cm³/mol. The molecule has 1 aromatic rings. The van der Waals surface area contributed by atoms with E-state index in [1.807, 2.05) is 12.1 Å². The van der Waals surface area contributed by atoms with Gasteiger partial charge in [-0.25, -0.2) is 0 Å². The Morgan fingerprint density at radius 2 is 2.33 bits per heavy atom. The van der Waals surface area contributed by atoms with Gasteiger partial charge in [-0.05, 0) is 25.0 Å². The molecule has 0 unspecified atom stereocenters. The van der Waals surface area contributed by atoms with Gasteiger partial charge in [0.2, 0.25) is 0 Å². The van der Waals surface area contributed by atoms with Gasteiger partial charge < -0.3 is 4.74 Å². The molecule has 12 heavy (non-hydrogen) atoms. The fourth-order valence-corrected chi connectivity index (χ4v) is 1.77. The smallest absolute Gasteiger partial charge is 0.0944 e. The van der Waals surface area contributed by atoms with Crippen LogP contribution < -0.4 is 0 Å². The summed E-state index contributed by atoms with van der Waals surface area (Å²) in [5.41, 5.74) is 1.03. The number of benzene rings is 1. The van der Waals surface area contributed by atoms with Crippen LogP contribution in [0, 0.1) is 6.07 Å². The minimum Gasteiger partial charge on any atom is -0.373 e. The lowest BCUT2D eigenvalue weighted by atomic mass is 10.1. The van der Waals surface area contributed by atoms with Crippen molar-refractivity contribution in [3.8, 4) is 0 Å². The molecule has 0 bridgehead atoms. The van der Waals surface area contributed by atoms with Crippen molar-refractivity contribution in [3.05, 3.63) is 34.9 Å². The van der Waals surface area contributed by atoms with Gasteiger partial charge in [-0.1, -0.05) is 23.7 Å². The van der Waals surface area contributed by atoms with Gasteiger partial charge in [0.1, 0.15) is 0 Å². The Balaban J connectivity index is 2.40. The van der Waals surface area contributed by atoms with Crippen LogP contribution in [0.3, 0.4) is 0 Å². The summed E-state index contributed by atoms with van der Waals surface area (Å²) in [6.07, 6.45) is 2.15. The predicted octanol–water partition coefficient (Wildman–Crippen LogP) is 2.78. The number of methoxy groups -OCH3 is 1. The number of hydrogen-bond donors (Lipinski definition) is 0. The van der Waals surface area contributed by atoms with Crippen molar-refractivity contribution >= 4 is 11.6 Å². The zero-order valence-corrected chi connectivity index (χ0v) is 7.69. The first kappa shape index (κ1) is 8.09. The summed E-state index contributed by atoms with van der Waals surface area (Å²) >= 11 is 6.02. The second-order valence-corrected chi connectivity index (χ2v) is 3.51. The zero-order chi connectivity index (χ0) is 8.60. The molecule has 2 rings (SSSR count). The van der Waals surface area contributed by atoms with Gasteiger partial charge in [-0.2, -0.15) is 0 Å². The zero-order valence-electron chi connectivity index (χ0n) is 6.93. The highest BCUT2D eigenvalue weighted by Crippen LogP contribution is 2.50. The van der Waals surface area contributed by atoms with E-state index < -0.39 is 0 Å². The molecule has 63 valence electrons. The normalized spacial score (nSPS) is 19.2. The SMILES string of the molecule is COC1(c2cc[c]cc2Cl)CC1.